The van der Waals surface area contributed by atoms with E-state index in [1.807, 2.05) is 12.3 Å². The molecule has 4 aromatic rings. The van der Waals surface area contributed by atoms with Gasteiger partial charge in [-0.15, -0.1) is 11.3 Å². The minimum absolute atomic E-state index is 0.0112. The Morgan fingerprint density at radius 1 is 1.29 bits per heavy atom. The first-order chi connectivity index (χ1) is 13.6. The number of nitrogens with zero attached hydrogens (tertiary/aromatic N) is 3. The van der Waals surface area contributed by atoms with Crippen LogP contribution in [-0.2, 0) is 6.61 Å². The number of thiazole rings is 1. The monoisotopic (exact) mass is 397 g/mol. The van der Waals surface area contributed by atoms with Gasteiger partial charge in [0.1, 0.15) is 40.9 Å². The first-order valence-corrected chi connectivity index (χ1v) is 9.48. The van der Waals surface area contributed by atoms with Gasteiger partial charge in [0.25, 0.3) is 5.56 Å². The maximum Gasteiger partial charge on any atom is 0.258 e. The molecule has 2 N–H and O–H groups in total. The molecule has 142 valence electrons. The lowest BCUT2D eigenvalue weighted by Gasteiger charge is -2.08. The molecule has 0 aliphatic rings. The summed E-state index contributed by atoms with van der Waals surface area (Å²) >= 11 is 1.46. The Bertz CT molecular complexity index is 1190. The Hall–Kier alpha value is -3.33. The number of benzene rings is 1. The topological polar surface area (TPSA) is 92.8 Å². The highest BCUT2D eigenvalue weighted by atomic mass is 32.1. The van der Waals surface area contributed by atoms with E-state index in [2.05, 4.69) is 25.3 Å². The first-order valence-electron chi connectivity index (χ1n) is 8.60. The summed E-state index contributed by atoms with van der Waals surface area (Å²) in [7, 11) is 0. The van der Waals surface area contributed by atoms with Gasteiger partial charge in [-0.1, -0.05) is 6.07 Å². The quantitative estimate of drug-likeness (QED) is 0.517. The normalized spacial score (nSPS) is 10.9. The van der Waals surface area contributed by atoms with Crippen LogP contribution in [0.3, 0.4) is 0 Å². The van der Waals surface area contributed by atoms with Crippen molar-refractivity contribution in [3.8, 4) is 17.1 Å². The number of ether oxygens (including phenoxy) is 1. The maximum absolute atomic E-state index is 13.3. The van der Waals surface area contributed by atoms with Crippen LogP contribution in [0.5, 0.6) is 5.75 Å². The van der Waals surface area contributed by atoms with Crippen molar-refractivity contribution in [2.45, 2.75) is 13.5 Å². The lowest BCUT2D eigenvalue weighted by Crippen LogP contribution is -2.14. The van der Waals surface area contributed by atoms with Gasteiger partial charge in [-0.25, -0.2) is 14.4 Å². The fourth-order valence-electron chi connectivity index (χ4n) is 2.69. The van der Waals surface area contributed by atoms with Crippen LogP contribution in [0, 0.1) is 5.82 Å². The number of hydrogen-bond acceptors (Lipinski definition) is 7. The van der Waals surface area contributed by atoms with E-state index < -0.39 is 5.82 Å². The Labute approximate surface area is 163 Å². The summed E-state index contributed by atoms with van der Waals surface area (Å²) in [6, 6.07) is 7.39. The van der Waals surface area contributed by atoms with Crippen LogP contribution >= 0.6 is 11.3 Å². The van der Waals surface area contributed by atoms with Gasteiger partial charge < -0.3 is 15.0 Å². The number of aromatic amines is 1. The van der Waals surface area contributed by atoms with E-state index in [1.165, 1.54) is 23.5 Å². The number of pyridine rings is 1. The van der Waals surface area contributed by atoms with E-state index in [-0.39, 0.29) is 12.2 Å². The van der Waals surface area contributed by atoms with Crippen LogP contribution in [-0.4, -0.2) is 26.5 Å². The van der Waals surface area contributed by atoms with Crippen LogP contribution in [0.2, 0.25) is 0 Å². The average molecular weight is 397 g/mol. The number of H-pyrrole nitrogens is 1. The van der Waals surface area contributed by atoms with Crippen molar-refractivity contribution in [3.63, 3.8) is 0 Å². The van der Waals surface area contributed by atoms with Gasteiger partial charge >= 0.3 is 0 Å². The van der Waals surface area contributed by atoms with Gasteiger partial charge in [0.15, 0.2) is 5.13 Å². The molecule has 9 heteroatoms. The molecule has 1 aromatic carbocycles. The van der Waals surface area contributed by atoms with Crippen molar-refractivity contribution < 1.29 is 9.13 Å². The molecular weight excluding hydrogens is 381 g/mol. The minimum Gasteiger partial charge on any atom is -0.486 e. The van der Waals surface area contributed by atoms with Gasteiger partial charge in [-0.2, -0.15) is 0 Å². The van der Waals surface area contributed by atoms with Crippen molar-refractivity contribution in [1.82, 2.24) is 19.9 Å². The second-order valence-corrected chi connectivity index (χ2v) is 6.74. The Kier molecular flexibility index (Phi) is 4.98. The Balaban J connectivity index is 1.70. The van der Waals surface area contributed by atoms with Crippen molar-refractivity contribution >= 4 is 27.4 Å². The van der Waals surface area contributed by atoms with Gasteiger partial charge in [-0.05, 0) is 25.1 Å². The summed E-state index contributed by atoms with van der Waals surface area (Å²) in [5.41, 5.74) is 1.31. The largest absolute Gasteiger partial charge is 0.486 e. The smallest absolute Gasteiger partial charge is 0.258 e. The molecule has 0 radical (unpaired) electrons. The van der Waals surface area contributed by atoms with E-state index in [1.54, 1.807) is 24.4 Å². The standard InChI is InChI=1S/C19H16FN5O2S/c1-2-21-19-23-14(10-28-19)17-16-13(6-7-22-17)18(26)25-15(24-16)9-27-12-5-3-4-11(20)8-12/h3-8,10H,2,9H2,1H3,(H,21,23)(H,24,25,26). The summed E-state index contributed by atoms with van der Waals surface area (Å²) in [4.78, 5) is 28.6. The number of fused-ring (bicyclic) bond motifs is 1. The predicted molar refractivity (Wildman–Crippen MR) is 106 cm³/mol. The van der Waals surface area contributed by atoms with Crippen LogP contribution < -0.4 is 15.6 Å². The van der Waals surface area contributed by atoms with Crippen LogP contribution in [0.4, 0.5) is 9.52 Å². The van der Waals surface area contributed by atoms with E-state index in [4.69, 9.17) is 4.74 Å². The lowest BCUT2D eigenvalue weighted by molar-refractivity contribution is 0.294. The number of aromatic nitrogens is 4. The minimum atomic E-state index is -0.399. The molecule has 0 saturated heterocycles. The lowest BCUT2D eigenvalue weighted by atomic mass is 10.2. The van der Waals surface area contributed by atoms with E-state index in [0.717, 1.165) is 11.7 Å². The molecule has 0 saturated carbocycles. The molecule has 28 heavy (non-hydrogen) atoms. The fourth-order valence-corrected chi connectivity index (χ4v) is 3.46. The van der Waals surface area contributed by atoms with Gasteiger partial charge in [0, 0.05) is 24.2 Å². The number of halogens is 1. The summed E-state index contributed by atoms with van der Waals surface area (Å²) in [6.45, 7) is 2.74. The third kappa shape index (κ3) is 3.70. The summed E-state index contributed by atoms with van der Waals surface area (Å²) in [5.74, 6) is 0.270. The van der Waals surface area contributed by atoms with E-state index >= 15 is 0 Å². The molecule has 4 rings (SSSR count). The zero-order valence-electron chi connectivity index (χ0n) is 14.9. The summed E-state index contributed by atoms with van der Waals surface area (Å²) in [6.07, 6.45) is 1.56. The fraction of sp³-hybridized carbons (Fsp3) is 0.158. The van der Waals surface area contributed by atoms with Gasteiger partial charge in [0.05, 0.1) is 5.39 Å². The molecule has 0 aliphatic carbocycles. The van der Waals surface area contributed by atoms with Crippen molar-refractivity contribution in [2.75, 3.05) is 11.9 Å². The molecular formula is C19H16FN5O2S. The zero-order valence-corrected chi connectivity index (χ0v) is 15.7. The summed E-state index contributed by atoms with van der Waals surface area (Å²) < 4.78 is 18.8. The molecule has 0 atom stereocenters. The highest BCUT2D eigenvalue weighted by molar-refractivity contribution is 7.14. The predicted octanol–water partition coefficient (Wildman–Crippen LogP) is 3.59. The number of rotatable bonds is 6. The molecule has 7 nitrogen and oxygen atoms in total. The second-order valence-electron chi connectivity index (χ2n) is 5.88. The van der Waals surface area contributed by atoms with Crippen molar-refractivity contribution in [2.24, 2.45) is 0 Å². The molecule has 3 heterocycles. The Morgan fingerprint density at radius 3 is 3.00 bits per heavy atom. The maximum atomic E-state index is 13.3. The molecule has 0 bridgehead atoms. The van der Waals surface area contributed by atoms with E-state index in [9.17, 15) is 9.18 Å². The average Bonchev–Trinajstić information content (AvgIpc) is 3.15. The number of anilines is 1. The Morgan fingerprint density at radius 2 is 2.18 bits per heavy atom. The number of nitrogens with one attached hydrogen (secondary N) is 2. The highest BCUT2D eigenvalue weighted by Gasteiger charge is 2.14. The summed E-state index contributed by atoms with van der Waals surface area (Å²) in [5, 5.41) is 6.21. The molecule has 0 spiro atoms. The first kappa shape index (κ1) is 18.1. The van der Waals surface area contributed by atoms with Crippen molar-refractivity contribution in [1.29, 1.82) is 0 Å². The van der Waals surface area contributed by atoms with Crippen LogP contribution in [0.1, 0.15) is 12.7 Å². The third-order valence-electron chi connectivity index (χ3n) is 3.92. The molecule has 0 fully saturated rings. The van der Waals surface area contributed by atoms with Gasteiger partial charge in [0.2, 0.25) is 0 Å². The molecule has 0 aliphatic heterocycles. The molecule has 0 unspecified atom stereocenters. The van der Waals surface area contributed by atoms with Gasteiger partial charge in [-0.3, -0.25) is 9.78 Å². The SMILES string of the molecule is CCNc1nc(-c2nccc3c(=O)[nH]c(COc4cccc(F)c4)nc23)cs1. The molecule has 0 amide bonds. The van der Waals surface area contributed by atoms with E-state index in [0.29, 0.717) is 33.9 Å². The molecule has 3 aromatic heterocycles. The van der Waals surface area contributed by atoms with Crippen molar-refractivity contribution in [3.05, 3.63) is 63.9 Å². The van der Waals surface area contributed by atoms with Crippen LogP contribution in [0.15, 0.2) is 46.7 Å². The highest BCUT2D eigenvalue weighted by Crippen LogP contribution is 2.27. The third-order valence-corrected chi connectivity index (χ3v) is 4.72. The second kappa shape index (κ2) is 7.73. The number of hydrogen-bond donors (Lipinski definition) is 2. The van der Waals surface area contributed by atoms with Crippen LogP contribution in [0.25, 0.3) is 22.3 Å². The zero-order chi connectivity index (χ0) is 19.5.